The summed E-state index contributed by atoms with van der Waals surface area (Å²) in [6.07, 6.45) is 10.9. The molecule has 0 aromatic heterocycles. The molecule has 1 unspecified atom stereocenters. The van der Waals surface area contributed by atoms with E-state index in [4.69, 9.17) is 18.9 Å². The zero-order chi connectivity index (χ0) is 28.2. The minimum Gasteiger partial charge on any atom is -0.449 e. The van der Waals surface area contributed by atoms with Gasteiger partial charge < -0.3 is 34.3 Å². The summed E-state index contributed by atoms with van der Waals surface area (Å²) in [5.41, 5.74) is 0.955. The number of β-amino-alcohol motifs (C(OH)–C–C–N with tert-alkyl or cyclic N) is 1. The lowest BCUT2D eigenvalue weighted by molar-refractivity contribution is -0.0907. The highest BCUT2D eigenvalue weighted by Gasteiger charge is 2.44. The van der Waals surface area contributed by atoms with E-state index in [2.05, 4.69) is 17.5 Å². The highest BCUT2D eigenvalue weighted by atomic mass is 16.7. The Balaban J connectivity index is 1.42. The molecule has 0 bridgehead atoms. The summed E-state index contributed by atoms with van der Waals surface area (Å²) in [7, 11) is 0. The molecule has 40 heavy (non-hydrogen) atoms. The van der Waals surface area contributed by atoms with Gasteiger partial charge in [-0.25, -0.2) is 9.59 Å². The number of hydrogen-bond donors (Lipinski definition) is 2. The SMILES string of the molecule is CC1C/C=C/CCCCCCCCOC(=O)N1C[C@@H](O)[C@H](Cc1ccccc1)NC(=O)O[C@H]1CO[C@H]2OCC[C@H]21. The Kier molecular flexibility index (Phi) is 12.1. The van der Waals surface area contributed by atoms with Gasteiger partial charge in [0.1, 0.15) is 6.10 Å². The van der Waals surface area contributed by atoms with Gasteiger partial charge in [-0.3, -0.25) is 0 Å². The molecule has 3 heterocycles. The summed E-state index contributed by atoms with van der Waals surface area (Å²) in [4.78, 5) is 27.8. The molecule has 3 aliphatic heterocycles. The Morgan fingerprint density at radius 3 is 2.67 bits per heavy atom. The zero-order valence-corrected chi connectivity index (χ0v) is 23.7. The third kappa shape index (κ3) is 9.21. The molecule has 9 nitrogen and oxygen atoms in total. The zero-order valence-electron chi connectivity index (χ0n) is 23.7. The van der Waals surface area contributed by atoms with Crippen LogP contribution in [0, 0.1) is 5.92 Å². The van der Waals surface area contributed by atoms with Crippen LogP contribution < -0.4 is 5.32 Å². The summed E-state index contributed by atoms with van der Waals surface area (Å²) in [6, 6.07) is 8.80. The molecule has 1 aromatic carbocycles. The van der Waals surface area contributed by atoms with Crippen LogP contribution in [0.4, 0.5) is 9.59 Å². The van der Waals surface area contributed by atoms with Gasteiger partial charge in [-0.1, -0.05) is 68.2 Å². The number of fused-ring (bicyclic) bond motifs is 1. The number of benzene rings is 1. The number of ether oxygens (including phenoxy) is 4. The summed E-state index contributed by atoms with van der Waals surface area (Å²) in [5, 5.41) is 14.3. The van der Waals surface area contributed by atoms with Gasteiger partial charge in [-0.2, -0.15) is 0 Å². The average Bonchev–Trinajstić information content (AvgIpc) is 3.57. The van der Waals surface area contributed by atoms with Crippen molar-refractivity contribution in [1.82, 2.24) is 10.2 Å². The maximum atomic E-state index is 13.2. The number of allylic oxidation sites excluding steroid dienone is 1. The second kappa shape index (κ2) is 16.0. The molecule has 0 radical (unpaired) electrons. The molecule has 2 N–H and O–H groups in total. The fourth-order valence-electron chi connectivity index (χ4n) is 5.64. The van der Waals surface area contributed by atoms with Crippen LogP contribution in [0.25, 0.3) is 0 Å². The van der Waals surface area contributed by atoms with E-state index >= 15 is 0 Å². The van der Waals surface area contributed by atoms with E-state index in [1.807, 2.05) is 37.3 Å². The maximum Gasteiger partial charge on any atom is 0.410 e. The Morgan fingerprint density at radius 1 is 1.07 bits per heavy atom. The number of carbonyl (C=O) groups is 2. The number of rotatable bonds is 7. The summed E-state index contributed by atoms with van der Waals surface area (Å²) in [5.74, 6) is 0.0204. The lowest BCUT2D eigenvalue weighted by Gasteiger charge is -2.33. The van der Waals surface area contributed by atoms with Crippen molar-refractivity contribution < 1.29 is 33.6 Å². The van der Waals surface area contributed by atoms with Crippen LogP contribution in [-0.4, -0.2) is 79.1 Å². The minimum absolute atomic E-state index is 0.0204. The van der Waals surface area contributed by atoms with Crippen molar-refractivity contribution in [3.8, 4) is 0 Å². The van der Waals surface area contributed by atoms with E-state index < -0.39 is 30.4 Å². The number of alkyl carbamates (subject to hydrolysis) is 1. The minimum atomic E-state index is -1.05. The van der Waals surface area contributed by atoms with E-state index in [1.165, 1.54) is 19.3 Å². The standard InChI is InChI=1S/C31H46N2O7/c1-23-14-10-7-5-3-2-4-6-8-13-18-38-31(36)33(23)21-27(34)26(20-24-15-11-9-12-16-24)32-30(35)40-28-22-39-29-25(28)17-19-37-29/h7,9-12,15-16,23,25-29,34H,2-6,8,13-14,17-22H2,1H3,(H,32,35)/b10-7+/t23?,25-,26-,27+,28-,29+/m0/s1. The topological polar surface area (TPSA) is 107 Å². The van der Waals surface area contributed by atoms with Crippen LogP contribution in [0.1, 0.15) is 70.3 Å². The average molecular weight is 559 g/mol. The van der Waals surface area contributed by atoms with Gasteiger partial charge in [0.05, 0.1) is 44.4 Å². The van der Waals surface area contributed by atoms with E-state index in [0.717, 1.165) is 37.7 Å². The first-order chi connectivity index (χ1) is 19.5. The van der Waals surface area contributed by atoms with Crippen LogP contribution in [0.2, 0.25) is 0 Å². The molecule has 0 spiro atoms. The second-order valence-electron chi connectivity index (χ2n) is 11.2. The number of aliphatic hydroxyl groups is 1. The first kappa shape index (κ1) is 30.3. The summed E-state index contributed by atoms with van der Waals surface area (Å²) >= 11 is 0. The number of nitrogens with zero attached hydrogens (tertiary/aromatic N) is 1. The van der Waals surface area contributed by atoms with E-state index in [0.29, 0.717) is 32.7 Å². The molecule has 222 valence electrons. The van der Waals surface area contributed by atoms with Gasteiger partial charge in [0.15, 0.2) is 6.29 Å². The van der Waals surface area contributed by atoms with Crippen LogP contribution in [0.5, 0.6) is 0 Å². The number of nitrogens with one attached hydrogen (secondary N) is 1. The van der Waals surface area contributed by atoms with Crippen molar-refractivity contribution in [3.63, 3.8) is 0 Å². The van der Waals surface area contributed by atoms with E-state index in [-0.39, 0.29) is 24.8 Å². The van der Waals surface area contributed by atoms with Crippen LogP contribution >= 0.6 is 0 Å². The van der Waals surface area contributed by atoms with Crippen LogP contribution in [-0.2, 0) is 25.4 Å². The Bertz CT molecular complexity index is 943. The van der Waals surface area contributed by atoms with Crippen LogP contribution in [0.3, 0.4) is 0 Å². The largest absolute Gasteiger partial charge is 0.449 e. The molecule has 0 aliphatic carbocycles. The van der Waals surface area contributed by atoms with Crippen molar-refractivity contribution in [3.05, 3.63) is 48.0 Å². The maximum absolute atomic E-state index is 13.2. The van der Waals surface area contributed by atoms with Crippen molar-refractivity contribution in [1.29, 1.82) is 0 Å². The number of hydrogen-bond acceptors (Lipinski definition) is 7. The first-order valence-corrected chi connectivity index (χ1v) is 15.0. The molecule has 9 heteroatoms. The molecular formula is C31H46N2O7. The van der Waals surface area contributed by atoms with E-state index in [9.17, 15) is 14.7 Å². The monoisotopic (exact) mass is 558 g/mol. The van der Waals surface area contributed by atoms with Crippen molar-refractivity contribution in [2.24, 2.45) is 5.92 Å². The quantitative estimate of drug-likeness (QED) is 0.456. The molecule has 1 aromatic rings. The number of amides is 2. The molecule has 2 saturated heterocycles. The normalized spacial score (nSPS) is 28.9. The van der Waals surface area contributed by atoms with Crippen molar-refractivity contribution in [2.75, 3.05) is 26.4 Å². The molecule has 2 amide bonds. The number of carbonyl (C=O) groups excluding carboxylic acids is 2. The molecule has 4 rings (SSSR count). The van der Waals surface area contributed by atoms with Gasteiger partial charge in [0, 0.05) is 6.04 Å². The Hall–Kier alpha value is -2.62. The van der Waals surface area contributed by atoms with Crippen LogP contribution in [0.15, 0.2) is 42.5 Å². The molecule has 6 atom stereocenters. The second-order valence-corrected chi connectivity index (χ2v) is 11.2. The molecule has 2 fully saturated rings. The van der Waals surface area contributed by atoms with E-state index in [1.54, 1.807) is 4.90 Å². The highest BCUT2D eigenvalue weighted by molar-refractivity contribution is 5.69. The third-order valence-electron chi connectivity index (χ3n) is 8.09. The third-order valence-corrected chi connectivity index (χ3v) is 8.09. The number of aliphatic hydroxyl groups excluding tert-OH is 1. The predicted octanol–water partition coefficient (Wildman–Crippen LogP) is 4.96. The van der Waals surface area contributed by atoms with Gasteiger partial charge in [0.25, 0.3) is 0 Å². The lowest BCUT2D eigenvalue weighted by atomic mass is 10.00. The van der Waals surface area contributed by atoms with Crippen molar-refractivity contribution in [2.45, 2.75) is 102 Å². The lowest BCUT2D eigenvalue weighted by Crippen LogP contribution is -2.53. The molecular weight excluding hydrogens is 512 g/mol. The van der Waals surface area contributed by atoms with Crippen molar-refractivity contribution >= 4 is 12.2 Å². The van der Waals surface area contributed by atoms with Gasteiger partial charge in [0.2, 0.25) is 0 Å². The number of cyclic esters (lactones) is 1. The first-order valence-electron chi connectivity index (χ1n) is 15.0. The van der Waals surface area contributed by atoms with Gasteiger partial charge in [-0.15, -0.1) is 0 Å². The smallest absolute Gasteiger partial charge is 0.410 e. The Morgan fingerprint density at radius 2 is 1.85 bits per heavy atom. The van der Waals surface area contributed by atoms with Gasteiger partial charge >= 0.3 is 12.2 Å². The summed E-state index contributed by atoms with van der Waals surface area (Å²) < 4.78 is 22.5. The van der Waals surface area contributed by atoms with Gasteiger partial charge in [-0.05, 0) is 51.0 Å². The highest BCUT2D eigenvalue weighted by Crippen LogP contribution is 2.33. The predicted molar refractivity (Wildman–Crippen MR) is 151 cm³/mol. The fourth-order valence-corrected chi connectivity index (χ4v) is 5.64. The fraction of sp³-hybridized carbons (Fsp3) is 0.677. The Labute approximate surface area is 238 Å². The molecule has 0 saturated carbocycles. The summed E-state index contributed by atoms with van der Waals surface area (Å²) in [6.45, 7) is 3.23. The molecule has 3 aliphatic rings.